The number of nitrogens with zero attached hydrogens (tertiary/aromatic N) is 5. The number of aromatic amines is 1. The van der Waals surface area contributed by atoms with Crippen LogP contribution in [0.3, 0.4) is 0 Å². The zero-order valence-electron chi connectivity index (χ0n) is 47.8. The van der Waals surface area contributed by atoms with Crippen LogP contribution in [-0.4, -0.2) is 204 Å². The van der Waals surface area contributed by atoms with Crippen molar-refractivity contribution >= 4 is 115 Å². The molecule has 0 saturated carbocycles. The van der Waals surface area contributed by atoms with Crippen molar-refractivity contribution in [1.29, 1.82) is 0 Å². The first-order valence-corrected chi connectivity index (χ1v) is 30.0. The van der Waals surface area contributed by atoms with Gasteiger partial charge in [0.25, 0.3) is 11.5 Å². The standard InChI is InChI=1S/C52H66N18O17S2/c1-22(61-43(78)23-6-8-24(9-7-23)59-17-25-18-60-42-38(62-25)47(82)69-50(55)68-42)5-10-34(72)63-29(15-35(73)74)45(80)65-27(4-3-11-58-49(53)54)44(79)66-30(16-36(75)76)46(81)67-32(48(83)84)21-89-88-13-12-57-28-14-33(71)39-37(40(28)77)26(20-87-51(56)85)52(86-2)41-31(64-41)19-70(39)52/h6-9,14,18,22,26-27,29-32,41,57,59,64H,3-5,10-13,15-17,19-21H2,1-2H3,(H2,56,85)(H,61,78)(H,63,72)(H,65,80)(H,66,79)(H,67,81)(H,73,74)(H,75,76)(H,83,84)(H4,53,54,58)(H3,55,60,68,69,82)/p+1. The molecule has 9 atom stereocenters. The molecule has 37 heteroatoms. The number of carboxylic acid groups (broad SMARTS) is 3. The molecule has 0 radical (unpaired) electrons. The number of guanidine groups is 1. The Morgan fingerprint density at radius 3 is 2.19 bits per heavy atom. The molecule has 1 aliphatic carbocycles. The van der Waals surface area contributed by atoms with Crippen LogP contribution in [0.15, 0.2) is 63.3 Å². The number of amides is 6. The quantitative estimate of drug-likeness (QED) is 0.00665. The van der Waals surface area contributed by atoms with Gasteiger partial charge in [-0.25, -0.2) is 14.8 Å². The van der Waals surface area contributed by atoms with E-state index in [1.807, 2.05) is 0 Å². The van der Waals surface area contributed by atoms with Crippen LogP contribution in [0.1, 0.15) is 61.5 Å². The monoisotopic (exact) mass is 1280 g/mol. The highest BCUT2D eigenvalue weighted by atomic mass is 33.1. The summed E-state index contributed by atoms with van der Waals surface area (Å²) in [4.78, 5) is 176. The molecule has 3 aromatic rings. The van der Waals surface area contributed by atoms with Crippen molar-refractivity contribution in [2.24, 2.45) is 22.4 Å². The maximum absolute atomic E-state index is 13.9. The number of quaternary nitrogens is 1. The van der Waals surface area contributed by atoms with Gasteiger partial charge < -0.3 is 89.4 Å². The molecule has 1 aromatic carbocycles. The van der Waals surface area contributed by atoms with E-state index in [0.717, 1.165) is 21.6 Å². The molecule has 21 N–H and O–H groups in total. The Balaban J connectivity index is 0.885. The summed E-state index contributed by atoms with van der Waals surface area (Å²) in [5.74, 6) is -11.8. The number of aromatic nitrogens is 4. The summed E-state index contributed by atoms with van der Waals surface area (Å²) in [5, 5.41) is 50.7. The van der Waals surface area contributed by atoms with Gasteiger partial charge in [-0.2, -0.15) is 9.78 Å². The van der Waals surface area contributed by atoms with Crippen molar-refractivity contribution in [2.75, 3.05) is 55.9 Å². The van der Waals surface area contributed by atoms with E-state index in [1.54, 1.807) is 24.0 Å². The maximum atomic E-state index is 13.9. The van der Waals surface area contributed by atoms with Crippen molar-refractivity contribution in [3.05, 3.63) is 75.1 Å². The van der Waals surface area contributed by atoms with Crippen LogP contribution in [0.5, 0.6) is 0 Å². The van der Waals surface area contributed by atoms with Crippen molar-refractivity contribution < 1.29 is 83.3 Å². The number of aliphatic imine (C=N–C) groups is 1. The summed E-state index contributed by atoms with van der Waals surface area (Å²) in [6, 6.07) is -1.56. The fourth-order valence-electron chi connectivity index (χ4n) is 10.2. The van der Waals surface area contributed by atoms with Crippen LogP contribution >= 0.6 is 21.6 Å². The molecule has 3 aliphatic heterocycles. The molecular weight excluding hydrogens is 1210 g/mol. The molecule has 89 heavy (non-hydrogen) atoms. The van der Waals surface area contributed by atoms with Gasteiger partial charge in [0.2, 0.25) is 41.1 Å². The van der Waals surface area contributed by atoms with Crippen LogP contribution in [0.25, 0.3) is 11.2 Å². The SMILES string of the molecule is COC12C(COC([NH3+])=O)C3=C(C(=O)C=C(NCCSSCC(NC(=O)C(CC(=O)O)NC(=O)C(CCCN=C(N)N)NC(=O)C(CC(=O)O)NC(=O)CCC(C)NC(=O)c4ccc(NCc5cnc6nc(N)[nH]c(=O)c6n5)cc4)C(=O)O)C3=O)N1CC1NC12. The lowest BCUT2D eigenvalue weighted by Crippen LogP contribution is -2.59. The number of nitrogens with one attached hydrogen (secondary N) is 9. The van der Waals surface area contributed by atoms with E-state index in [9.17, 15) is 72.9 Å². The molecule has 2 fully saturated rings. The number of methoxy groups -OCH3 is 1. The molecule has 35 nitrogen and oxygen atoms in total. The highest BCUT2D eigenvalue weighted by molar-refractivity contribution is 8.76. The van der Waals surface area contributed by atoms with E-state index in [4.69, 9.17) is 26.7 Å². The Morgan fingerprint density at radius 1 is 0.876 bits per heavy atom. The highest BCUT2D eigenvalue weighted by Crippen LogP contribution is 2.55. The molecule has 4 aliphatic rings. The second kappa shape index (κ2) is 30.0. The summed E-state index contributed by atoms with van der Waals surface area (Å²) >= 11 is 0. The molecule has 2 saturated heterocycles. The number of Topliss-reactive ketones (excluding diaryl/α,β-unsaturated/α-hetero) is 1. The van der Waals surface area contributed by atoms with Crippen LogP contribution in [0, 0.1) is 5.92 Å². The zero-order valence-corrected chi connectivity index (χ0v) is 49.5. The molecule has 5 heterocycles. The Kier molecular flexibility index (Phi) is 22.6. The number of aliphatic carboxylic acids is 3. The Hall–Kier alpha value is -9.46. The molecule has 9 unspecified atom stereocenters. The third kappa shape index (κ3) is 17.2. The molecule has 7 rings (SSSR count). The maximum Gasteiger partial charge on any atom is 0.511 e. The van der Waals surface area contributed by atoms with Crippen molar-refractivity contribution in [1.82, 2.24) is 62.1 Å². The molecule has 2 aromatic heterocycles. The average Bonchev–Trinajstić information content (AvgIpc) is 1.51. The van der Waals surface area contributed by atoms with E-state index >= 15 is 0 Å². The van der Waals surface area contributed by atoms with Crippen LogP contribution in [0.4, 0.5) is 16.4 Å². The number of anilines is 2. The highest BCUT2D eigenvalue weighted by Gasteiger charge is 2.72. The second-order valence-electron chi connectivity index (χ2n) is 20.7. The van der Waals surface area contributed by atoms with Gasteiger partial charge >= 0.3 is 24.0 Å². The Morgan fingerprint density at radius 2 is 1.54 bits per heavy atom. The third-order valence-electron chi connectivity index (χ3n) is 14.4. The Bertz CT molecular complexity index is 3440. The Labute approximate surface area is 512 Å². The molecule has 0 bridgehead atoms. The minimum absolute atomic E-state index is 0.00726. The molecule has 478 valence electrons. The number of carbonyl (C=O) groups excluding carboxylic acids is 8. The summed E-state index contributed by atoms with van der Waals surface area (Å²) in [7, 11) is 3.55. The first-order valence-electron chi connectivity index (χ1n) is 27.5. The van der Waals surface area contributed by atoms with Gasteiger partial charge in [-0.3, -0.25) is 63.7 Å². The van der Waals surface area contributed by atoms with Crippen LogP contribution < -0.4 is 71.0 Å². The van der Waals surface area contributed by atoms with E-state index in [-0.39, 0.29) is 121 Å². The van der Waals surface area contributed by atoms with Gasteiger partial charge in [-0.15, -0.1) is 0 Å². The third-order valence-corrected chi connectivity index (χ3v) is 16.8. The second-order valence-corrected chi connectivity index (χ2v) is 23.3. The normalized spacial score (nSPS) is 19.6. The number of fused-ring (bicyclic) bond motifs is 5. The number of H-pyrrole nitrogens is 1. The van der Waals surface area contributed by atoms with E-state index in [0.29, 0.717) is 17.9 Å². The van der Waals surface area contributed by atoms with Gasteiger partial charge in [-0.1, -0.05) is 21.6 Å². The predicted molar refractivity (Wildman–Crippen MR) is 315 cm³/mol. The summed E-state index contributed by atoms with van der Waals surface area (Å²) in [5.41, 5.74) is 19.6. The number of ether oxygens (including phenoxy) is 2. The smallest absolute Gasteiger partial charge is 0.481 e. The van der Waals surface area contributed by atoms with E-state index in [1.165, 1.54) is 31.5 Å². The number of allylic oxidation sites excluding steroid dienone is 2. The number of hydrogen-bond donors (Lipinski definition) is 16. The minimum Gasteiger partial charge on any atom is -0.481 e. The van der Waals surface area contributed by atoms with Gasteiger partial charge in [-0.05, 0) is 50.5 Å². The number of hydrogen-bond acceptors (Lipinski definition) is 25. The summed E-state index contributed by atoms with van der Waals surface area (Å²) in [6.07, 6.45) is -0.898. The predicted octanol–water partition coefficient (Wildman–Crippen LogP) is -4.90. The number of ketones is 2. The lowest BCUT2D eigenvalue weighted by Gasteiger charge is -2.39. The van der Waals surface area contributed by atoms with Gasteiger partial charge in [0.1, 0.15) is 30.8 Å². The molecular formula is C52H67N18O17S2+. The number of nitrogen functional groups attached to an aromatic ring is 1. The first kappa shape index (κ1) is 67.1. The summed E-state index contributed by atoms with van der Waals surface area (Å²) < 4.78 is 11.2. The lowest BCUT2D eigenvalue weighted by atomic mass is 9.84. The van der Waals surface area contributed by atoms with Gasteiger partial charge in [0.05, 0.1) is 54.6 Å². The van der Waals surface area contributed by atoms with Gasteiger partial charge in [0.15, 0.2) is 22.8 Å². The van der Waals surface area contributed by atoms with E-state index < -0.39 is 125 Å². The minimum atomic E-state index is -1.94. The fourth-order valence-corrected chi connectivity index (χ4v) is 12.2. The topological polar surface area (TPSA) is 566 Å². The number of nitrogens with two attached hydrogens (primary N) is 3. The largest absolute Gasteiger partial charge is 0.511 e. The number of carbonyl (C=O) groups is 11. The number of rotatable bonds is 34. The van der Waals surface area contributed by atoms with Crippen molar-refractivity contribution in [2.45, 2.75) is 100 Å². The number of piperazine rings is 1. The fraction of sp³-hybridized carbons (Fsp3) is 0.462. The van der Waals surface area contributed by atoms with Crippen molar-refractivity contribution in [3.8, 4) is 0 Å². The van der Waals surface area contributed by atoms with Crippen molar-refractivity contribution in [3.63, 3.8) is 0 Å². The molecule has 6 amide bonds. The number of carboxylic acids is 3. The summed E-state index contributed by atoms with van der Waals surface area (Å²) in [6.45, 7) is 1.88. The number of benzene rings is 1. The lowest BCUT2D eigenvalue weighted by molar-refractivity contribution is -0.285. The van der Waals surface area contributed by atoms with E-state index in [2.05, 4.69) is 73.2 Å². The molecule has 0 spiro atoms. The average molecular weight is 1280 g/mol. The van der Waals surface area contributed by atoms with Crippen LogP contribution in [0.2, 0.25) is 0 Å². The first-order chi connectivity index (χ1) is 42.3. The van der Waals surface area contributed by atoms with Gasteiger partial charge in [0, 0.05) is 79.7 Å². The zero-order chi connectivity index (χ0) is 64.9. The van der Waals surface area contributed by atoms with Crippen LogP contribution in [-0.2, 0) is 59.2 Å².